The quantitative estimate of drug-likeness (QED) is 0.0211. The Labute approximate surface area is 567 Å². The summed E-state index contributed by atoms with van der Waals surface area (Å²) in [5, 5.41) is 0. The number of hydrogen-bond donors (Lipinski definition) is 1. The molecule has 0 radical (unpaired) electrons. The summed E-state index contributed by atoms with van der Waals surface area (Å²) in [7, 11) is 1.47. The second kappa shape index (κ2) is 71.2. The minimum Gasteiger partial charge on any atom is -0.462 e. The van der Waals surface area contributed by atoms with E-state index in [0.717, 1.165) is 116 Å². The highest BCUT2D eigenvalue weighted by Gasteiger charge is 2.27. The first-order valence-corrected chi connectivity index (χ1v) is 39.1. The van der Waals surface area contributed by atoms with E-state index in [0.29, 0.717) is 17.4 Å². The second-order valence-electron chi connectivity index (χ2n) is 25.9. The van der Waals surface area contributed by atoms with Gasteiger partial charge in [0.05, 0.1) is 27.7 Å². The maximum Gasteiger partial charge on any atom is 0.472 e. The fraction of sp³-hybridized carbons (Fsp3) is 0.683. The van der Waals surface area contributed by atoms with Crippen LogP contribution in [0.5, 0.6) is 0 Å². The molecule has 526 valence electrons. The number of ether oxygens (including phenoxy) is 2. The Morgan fingerprint density at radius 1 is 0.337 bits per heavy atom. The molecule has 0 aliphatic heterocycles. The number of allylic oxidation sites excluding steroid dienone is 24. The van der Waals surface area contributed by atoms with Gasteiger partial charge < -0.3 is 18.9 Å². The van der Waals surface area contributed by atoms with Crippen LogP contribution in [0, 0.1) is 0 Å². The Balaban J connectivity index is 4.03. The topological polar surface area (TPSA) is 108 Å². The van der Waals surface area contributed by atoms with Gasteiger partial charge in [0, 0.05) is 12.8 Å². The number of nitrogens with zero attached hydrogens (tertiary/aromatic N) is 1. The average Bonchev–Trinajstić information content (AvgIpc) is 2.14. The Morgan fingerprint density at radius 3 is 0.870 bits per heavy atom. The number of phosphoric ester groups is 1. The summed E-state index contributed by atoms with van der Waals surface area (Å²) in [6.45, 7) is 4.22. The average molecular weight is 1300 g/mol. The van der Waals surface area contributed by atoms with Gasteiger partial charge in [-0.3, -0.25) is 18.6 Å². The van der Waals surface area contributed by atoms with Gasteiger partial charge in [-0.1, -0.05) is 327 Å². The summed E-state index contributed by atoms with van der Waals surface area (Å²) in [4.78, 5) is 36.0. The predicted molar refractivity (Wildman–Crippen MR) is 399 cm³/mol. The SMILES string of the molecule is CC/C=C\C/C=C\C/C=C\C/C=C\C/C=C\C/C=C\C/C=C\CCCCCCCCCCCCCCCC(=O)OC(COC(=O)CCCCCCCCCCCCCCCCCCC/C=C\C/C=C\C/C=C\C/C=C\C/C=C\CC)COP(=O)(O)OCC[N+](C)(C)C. The van der Waals surface area contributed by atoms with E-state index in [2.05, 4.69) is 160 Å². The van der Waals surface area contributed by atoms with Crippen molar-refractivity contribution in [3.05, 3.63) is 146 Å². The third-order valence-electron chi connectivity index (χ3n) is 15.9. The molecule has 0 amide bonds. The lowest BCUT2D eigenvalue weighted by molar-refractivity contribution is -0.870. The first-order chi connectivity index (χ1) is 45.0. The number of esters is 2. The number of unbranched alkanes of at least 4 members (excludes halogenated alkanes) is 30. The largest absolute Gasteiger partial charge is 0.472 e. The normalized spacial score (nSPS) is 13.9. The molecule has 0 saturated heterocycles. The van der Waals surface area contributed by atoms with Crippen molar-refractivity contribution in [2.75, 3.05) is 47.5 Å². The van der Waals surface area contributed by atoms with E-state index in [1.165, 1.54) is 161 Å². The molecule has 0 aromatic rings. The summed E-state index contributed by atoms with van der Waals surface area (Å²) >= 11 is 0. The monoisotopic (exact) mass is 1300 g/mol. The molecule has 0 rings (SSSR count). The Kier molecular flexibility index (Phi) is 68.0. The van der Waals surface area contributed by atoms with Crippen molar-refractivity contribution in [1.82, 2.24) is 0 Å². The summed E-state index contributed by atoms with van der Waals surface area (Å²) in [5.41, 5.74) is 0. The molecule has 0 spiro atoms. The fourth-order valence-electron chi connectivity index (χ4n) is 10.2. The van der Waals surface area contributed by atoms with E-state index < -0.39 is 26.5 Å². The molecule has 10 heteroatoms. The van der Waals surface area contributed by atoms with Gasteiger partial charge in [0.15, 0.2) is 6.10 Å². The summed E-state index contributed by atoms with van der Waals surface area (Å²) < 4.78 is 34.8. The van der Waals surface area contributed by atoms with Crippen LogP contribution in [0.2, 0.25) is 0 Å². The Hall–Kier alpha value is -4.11. The van der Waals surface area contributed by atoms with Crippen LogP contribution in [0.1, 0.15) is 309 Å². The summed E-state index contributed by atoms with van der Waals surface area (Å²) in [5.74, 6) is -0.795. The standard InChI is InChI=1S/C82H140NO8P/c1-6-8-10-12-14-16-18-20-22-24-26-28-30-32-34-36-38-40-41-43-45-47-49-51-53-55-57-59-61-63-65-67-69-71-73-75-82(85)91-80(79-90-92(86,87)89-77-76-83(3,4)5)78-88-81(84)74-72-70-68-66-64-62-60-58-56-54-52-50-48-46-44-42-39-37-35-33-31-29-27-25-23-21-19-17-15-13-11-9-7-2/h8-11,14-17,20-23,26-29,32-35,38,40,43,45,80H,6-7,12-13,18-19,24-25,30-31,36-37,39,41-42,44,46-79H2,1-5H3/p+1/b10-8-,11-9-,16-14-,17-15-,22-20-,23-21-,28-26-,29-27-,34-32-,35-33-,40-38-,45-43-. The molecule has 0 saturated carbocycles. The van der Waals surface area contributed by atoms with Crippen LogP contribution in [0.15, 0.2) is 146 Å². The van der Waals surface area contributed by atoms with Gasteiger partial charge >= 0.3 is 19.8 Å². The van der Waals surface area contributed by atoms with Crippen molar-refractivity contribution in [3.63, 3.8) is 0 Å². The van der Waals surface area contributed by atoms with Crippen LogP contribution in [0.25, 0.3) is 0 Å². The third-order valence-corrected chi connectivity index (χ3v) is 16.8. The minimum absolute atomic E-state index is 0.0269. The molecule has 0 heterocycles. The maximum atomic E-state index is 12.9. The molecule has 2 unspecified atom stereocenters. The zero-order valence-corrected chi connectivity index (χ0v) is 60.9. The summed E-state index contributed by atoms with van der Waals surface area (Å²) in [6.07, 6.45) is 105. The zero-order chi connectivity index (χ0) is 66.9. The maximum absolute atomic E-state index is 12.9. The number of likely N-dealkylation sites (N-methyl/N-ethyl adjacent to an activating group) is 1. The van der Waals surface area contributed by atoms with E-state index in [-0.39, 0.29) is 32.0 Å². The number of phosphoric acid groups is 1. The highest BCUT2D eigenvalue weighted by atomic mass is 31.2. The smallest absolute Gasteiger partial charge is 0.462 e. The van der Waals surface area contributed by atoms with Crippen LogP contribution in [-0.4, -0.2) is 74.9 Å². The van der Waals surface area contributed by atoms with E-state index in [4.69, 9.17) is 18.5 Å². The van der Waals surface area contributed by atoms with E-state index in [1.807, 2.05) is 21.1 Å². The van der Waals surface area contributed by atoms with E-state index in [1.54, 1.807) is 0 Å². The first kappa shape index (κ1) is 87.9. The Bertz CT molecular complexity index is 2070. The lowest BCUT2D eigenvalue weighted by atomic mass is 10.0. The third kappa shape index (κ3) is 74.9. The van der Waals surface area contributed by atoms with Gasteiger partial charge in [0.2, 0.25) is 0 Å². The van der Waals surface area contributed by atoms with Crippen molar-refractivity contribution in [1.29, 1.82) is 0 Å². The number of hydrogen-bond acceptors (Lipinski definition) is 7. The fourth-order valence-corrected chi connectivity index (χ4v) is 10.9. The second-order valence-corrected chi connectivity index (χ2v) is 27.4. The molecule has 0 aliphatic rings. The molecular formula is C82H141NO8P+. The lowest BCUT2D eigenvalue weighted by Gasteiger charge is -2.24. The lowest BCUT2D eigenvalue weighted by Crippen LogP contribution is -2.37. The Morgan fingerprint density at radius 2 is 0.587 bits per heavy atom. The molecule has 92 heavy (non-hydrogen) atoms. The highest BCUT2D eigenvalue weighted by Crippen LogP contribution is 2.43. The van der Waals surface area contributed by atoms with Gasteiger partial charge in [0.25, 0.3) is 0 Å². The van der Waals surface area contributed by atoms with Gasteiger partial charge in [-0.2, -0.15) is 0 Å². The first-order valence-electron chi connectivity index (χ1n) is 37.6. The molecule has 0 aromatic heterocycles. The zero-order valence-electron chi connectivity index (χ0n) is 60.0. The van der Waals surface area contributed by atoms with Gasteiger partial charge in [0.1, 0.15) is 19.8 Å². The van der Waals surface area contributed by atoms with E-state index in [9.17, 15) is 19.0 Å². The van der Waals surface area contributed by atoms with Gasteiger partial charge in [-0.25, -0.2) is 4.57 Å². The van der Waals surface area contributed by atoms with Gasteiger partial charge in [-0.15, -0.1) is 0 Å². The molecule has 9 nitrogen and oxygen atoms in total. The summed E-state index contributed by atoms with van der Waals surface area (Å²) in [6, 6.07) is 0. The van der Waals surface area contributed by atoms with Crippen molar-refractivity contribution >= 4 is 19.8 Å². The molecule has 1 N–H and O–H groups in total. The molecule has 0 fully saturated rings. The number of carbonyl (C=O) groups is 2. The van der Waals surface area contributed by atoms with Crippen molar-refractivity contribution in [3.8, 4) is 0 Å². The van der Waals surface area contributed by atoms with Crippen LogP contribution < -0.4 is 0 Å². The van der Waals surface area contributed by atoms with Crippen LogP contribution in [-0.2, 0) is 32.7 Å². The number of quaternary nitrogens is 1. The predicted octanol–water partition coefficient (Wildman–Crippen LogP) is 24.9. The number of rotatable bonds is 68. The van der Waals surface area contributed by atoms with Crippen LogP contribution in [0.3, 0.4) is 0 Å². The number of carbonyl (C=O) groups excluding carboxylic acids is 2. The van der Waals surface area contributed by atoms with Gasteiger partial charge in [-0.05, 0) is 116 Å². The molecule has 0 aromatic carbocycles. The van der Waals surface area contributed by atoms with Crippen LogP contribution in [0.4, 0.5) is 0 Å². The van der Waals surface area contributed by atoms with E-state index >= 15 is 0 Å². The molecule has 0 aliphatic carbocycles. The van der Waals surface area contributed by atoms with Crippen LogP contribution >= 0.6 is 7.82 Å². The highest BCUT2D eigenvalue weighted by molar-refractivity contribution is 7.47. The van der Waals surface area contributed by atoms with Crippen molar-refractivity contribution in [2.45, 2.75) is 315 Å². The molecular weight excluding hydrogens is 1160 g/mol. The van der Waals surface area contributed by atoms with Crippen molar-refractivity contribution in [2.24, 2.45) is 0 Å². The van der Waals surface area contributed by atoms with Crippen molar-refractivity contribution < 1.29 is 42.1 Å². The molecule has 0 bridgehead atoms. The minimum atomic E-state index is -4.40. The molecule has 2 atom stereocenters.